The van der Waals surface area contributed by atoms with Crippen LogP contribution in [0.25, 0.3) is 0 Å². The van der Waals surface area contributed by atoms with E-state index in [4.69, 9.17) is 5.41 Å². The van der Waals surface area contributed by atoms with Crippen LogP contribution in [0.1, 0.15) is 17.3 Å². The van der Waals surface area contributed by atoms with Crippen molar-refractivity contribution in [3.8, 4) is 0 Å². The third-order valence-corrected chi connectivity index (χ3v) is 1.88. The van der Waals surface area contributed by atoms with Gasteiger partial charge in [0.25, 0.3) is 0 Å². The largest absolute Gasteiger partial charge is 0.292 e. The van der Waals surface area contributed by atoms with Crippen molar-refractivity contribution in [2.24, 2.45) is 5.10 Å². The van der Waals surface area contributed by atoms with E-state index >= 15 is 0 Å². The molecule has 0 heterocycles. The molecule has 5 heteroatoms. The molecule has 84 valence electrons. The summed E-state index contributed by atoms with van der Waals surface area (Å²) in [5, 5.41) is 12.0. The van der Waals surface area contributed by atoms with Crippen LogP contribution in [0.5, 0.6) is 0 Å². The second-order valence-corrected chi connectivity index (χ2v) is 3.03. The zero-order chi connectivity index (χ0) is 12.0. The minimum absolute atomic E-state index is 0.0283. The Morgan fingerprint density at radius 3 is 2.62 bits per heavy atom. The Bertz CT molecular complexity index is 400. The van der Waals surface area contributed by atoms with Crippen molar-refractivity contribution in [2.45, 2.75) is 6.92 Å². The van der Waals surface area contributed by atoms with Crippen molar-refractivity contribution in [2.75, 3.05) is 6.54 Å². The lowest BCUT2D eigenvalue weighted by atomic mass is 10.1. The van der Waals surface area contributed by atoms with Crippen LogP contribution in [0.15, 0.2) is 29.4 Å². The Kier molecular flexibility index (Phi) is 4.32. The minimum atomic E-state index is -0.382. The maximum atomic E-state index is 12.6. The predicted molar refractivity (Wildman–Crippen MR) is 60.4 cm³/mol. The van der Waals surface area contributed by atoms with Gasteiger partial charge in [-0.15, -0.1) is 0 Å². The van der Waals surface area contributed by atoms with E-state index in [1.165, 1.54) is 35.5 Å². The molecule has 1 N–H and O–H groups in total. The summed E-state index contributed by atoms with van der Waals surface area (Å²) >= 11 is 0. The molecule has 0 amide bonds. The van der Waals surface area contributed by atoms with Crippen molar-refractivity contribution in [3.05, 3.63) is 35.6 Å². The number of carbonyl (C=O) groups excluding carboxylic acids is 1. The van der Waals surface area contributed by atoms with Crippen molar-refractivity contribution in [1.29, 1.82) is 5.41 Å². The predicted octanol–water partition coefficient (Wildman–Crippen LogP) is 1.92. The highest BCUT2D eigenvalue weighted by Gasteiger charge is 2.08. The SMILES string of the molecule is C/C=N\N(C=N)CC(=O)c1ccc(F)cc1. The van der Waals surface area contributed by atoms with Gasteiger partial charge in [-0.3, -0.25) is 10.2 Å². The second-order valence-electron chi connectivity index (χ2n) is 3.03. The first kappa shape index (κ1) is 12.0. The summed E-state index contributed by atoms with van der Waals surface area (Å²) in [5.41, 5.74) is 0.402. The molecule has 4 nitrogen and oxygen atoms in total. The van der Waals surface area contributed by atoms with E-state index in [9.17, 15) is 9.18 Å². The minimum Gasteiger partial charge on any atom is -0.292 e. The number of hydrazone groups is 1. The van der Waals surface area contributed by atoms with Gasteiger partial charge in [-0.2, -0.15) is 5.10 Å². The van der Waals surface area contributed by atoms with Crippen LogP contribution in [0.4, 0.5) is 4.39 Å². The molecular weight excluding hydrogens is 209 g/mol. The van der Waals surface area contributed by atoms with E-state index in [0.717, 1.165) is 6.34 Å². The van der Waals surface area contributed by atoms with E-state index in [1.807, 2.05) is 0 Å². The number of carbonyl (C=O) groups is 1. The molecule has 0 aromatic heterocycles. The average molecular weight is 221 g/mol. The van der Waals surface area contributed by atoms with Gasteiger partial charge in [0.05, 0.1) is 0 Å². The van der Waals surface area contributed by atoms with Gasteiger partial charge in [-0.1, -0.05) is 0 Å². The van der Waals surface area contributed by atoms with Crippen LogP contribution in [0.3, 0.4) is 0 Å². The summed E-state index contributed by atoms with van der Waals surface area (Å²) in [6.45, 7) is 1.67. The third kappa shape index (κ3) is 3.27. The molecular formula is C11H12FN3O. The molecule has 0 saturated heterocycles. The Labute approximate surface area is 92.9 Å². The quantitative estimate of drug-likeness (QED) is 0.357. The van der Waals surface area contributed by atoms with Crippen molar-refractivity contribution >= 4 is 18.3 Å². The monoisotopic (exact) mass is 221 g/mol. The maximum absolute atomic E-state index is 12.6. The molecule has 0 spiro atoms. The standard InChI is InChI=1S/C11H12FN3O/c1-2-14-15(8-13)7-11(16)9-3-5-10(12)6-4-9/h2-6,8,13H,7H2,1H3/b13-8?,14-2-. The second kappa shape index (κ2) is 5.75. The molecule has 0 aliphatic heterocycles. The zero-order valence-corrected chi connectivity index (χ0v) is 8.85. The van der Waals surface area contributed by atoms with E-state index in [2.05, 4.69) is 5.10 Å². The topological polar surface area (TPSA) is 56.5 Å². The first-order valence-electron chi connectivity index (χ1n) is 4.72. The molecule has 1 aromatic carbocycles. The Morgan fingerprint density at radius 1 is 1.50 bits per heavy atom. The van der Waals surface area contributed by atoms with Crippen LogP contribution in [0.2, 0.25) is 0 Å². The van der Waals surface area contributed by atoms with Gasteiger partial charge in [0.1, 0.15) is 18.7 Å². The molecule has 0 atom stereocenters. The smallest absolute Gasteiger partial charge is 0.184 e. The number of Topliss-reactive ketones (excluding diaryl/α,β-unsaturated/α-hetero) is 1. The number of nitrogens with zero attached hydrogens (tertiary/aromatic N) is 2. The number of hydrogen-bond donors (Lipinski definition) is 1. The molecule has 0 radical (unpaired) electrons. The van der Waals surface area contributed by atoms with E-state index in [1.54, 1.807) is 6.92 Å². The number of halogens is 1. The van der Waals surface area contributed by atoms with Gasteiger partial charge in [0.15, 0.2) is 5.78 Å². The normalized spacial score (nSPS) is 10.4. The van der Waals surface area contributed by atoms with Crippen LogP contribution in [-0.4, -0.2) is 29.9 Å². The summed E-state index contributed by atoms with van der Waals surface area (Å²) in [7, 11) is 0. The van der Waals surface area contributed by atoms with E-state index in [0.29, 0.717) is 5.56 Å². The number of benzene rings is 1. The van der Waals surface area contributed by atoms with Crippen molar-refractivity contribution < 1.29 is 9.18 Å². The Hall–Kier alpha value is -2.04. The summed E-state index contributed by atoms with van der Waals surface area (Å²) in [6.07, 6.45) is 2.45. The third-order valence-electron chi connectivity index (χ3n) is 1.88. The van der Waals surface area contributed by atoms with Gasteiger partial charge in [-0.05, 0) is 31.2 Å². The molecule has 0 bridgehead atoms. The van der Waals surface area contributed by atoms with Gasteiger partial charge in [-0.25, -0.2) is 9.40 Å². The van der Waals surface area contributed by atoms with Crippen LogP contribution in [-0.2, 0) is 0 Å². The fourth-order valence-corrected chi connectivity index (χ4v) is 1.14. The number of rotatable bonds is 5. The highest BCUT2D eigenvalue weighted by Crippen LogP contribution is 2.04. The zero-order valence-electron chi connectivity index (χ0n) is 8.85. The van der Waals surface area contributed by atoms with Crippen molar-refractivity contribution in [3.63, 3.8) is 0 Å². The maximum Gasteiger partial charge on any atom is 0.184 e. The molecule has 0 aliphatic carbocycles. The molecule has 0 fully saturated rings. The fraction of sp³-hybridized carbons (Fsp3) is 0.182. The van der Waals surface area contributed by atoms with Gasteiger partial charge < -0.3 is 0 Å². The first-order chi connectivity index (χ1) is 7.67. The lowest BCUT2D eigenvalue weighted by Gasteiger charge is -2.10. The average Bonchev–Trinajstić information content (AvgIpc) is 2.29. The molecule has 1 rings (SSSR count). The molecule has 0 aliphatic rings. The van der Waals surface area contributed by atoms with Crippen molar-refractivity contribution in [1.82, 2.24) is 5.01 Å². The molecule has 0 saturated carbocycles. The summed E-state index contributed by atoms with van der Waals surface area (Å²) in [6, 6.07) is 5.28. The number of nitrogens with one attached hydrogen (secondary N) is 1. The number of ketones is 1. The summed E-state index contributed by atoms with van der Waals surface area (Å²) in [5.74, 6) is -0.596. The van der Waals surface area contributed by atoms with Gasteiger partial charge in [0.2, 0.25) is 0 Å². The highest BCUT2D eigenvalue weighted by atomic mass is 19.1. The Morgan fingerprint density at radius 2 is 2.12 bits per heavy atom. The van der Waals surface area contributed by atoms with Crippen LogP contribution >= 0.6 is 0 Å². The Balaban J connectivity index is 2.71. The van der Waals surface area contributed by atoms with Crippen LogP contribution in [0, 0.1) is 11.2 Å². The lowest BCUT2D eigenvalue weighted by Crippen LogP contribution is -2.23. The summed E-state index contributed by atoms with van der Waals surface area (Å²) < 4.78 is 12.6. The van der Waals surface area contributed by atoms with E-state index in [-0.39, 0.29) is 18.1 Å². The molecule has 16 heavy (non-hydrogen) atoms. The van der Waals surface area contributed by atoms with Gasteiger partial charge >= 0.3 is 0 Å². The molecule has 0 unspecified atom stereocenters. The highest BCUT2D eigenvalue weighted by molar-refractivity contribution is 5.98. The lowest BCUT2D eigenvalue weighted by molar-refractivity contribution is 0.0966. The first-order valence-corrected chi connectivity index (χ1v) is 4.72. The molecule has 1 aromatic rings. The fourth-order valence-electron chi connectivity index (χ4n) is 1.14. The van der Waals surface area contributed by atoms with E-state index < -0.39 is 0 Å². The summed E-state index contributed by atoms with van der Waals surface area (Å²) in [4.78, 5) is 11.7. The van der Waals surface area contributed by atoms with Crippen LogP contribution < -0.4 is 0 Å². The van der Waals surface area contributed by atoms with Gasteiger partial charge in [0, 0.05) is 11.8 Å². The number of hydrogen-bond acceptors (Lipinski definition) is 3.